The van der Waals surface area contributed by atoms with E-state index in [0.717, 1.165) is 22.9 Å². The lowest BCUT2D eigenvalue weighted by Crippen LogP contribution is -2.20. The summed E-state index contributed by atoms with van der Waals surface area (Å²) in [6, 6.07) is 11.2. The SMILES string of the molecule is CCn1c(SCC(=O)NN=Cc2ccc(C)o2)nnc1-c1ccc(OC)cc1. The van der Waals surface area contributed by atoms with Crippen LogP contribution < -0.4 is 10.2 Å². The molecule has 0 aliphatic heterocycles. The number of nitrogens with zero attached hydrogens (tertiary/aromatic N) is 4. The second-order valence-electron chi connectivity index (χ2n) is 5.81. The van der Waals surface area contributed by atoms with Crippen LogP contribution in [0.25, 0.3) is 11.4 Å². The molecule has 2 aromatic heterocycles. The number of hydrazone groups is 1. The van der Waals surface area contributed by atoms with Crippen LogP contribution in [-0.4, -0.2) is 39.7 Å². The molecule has 3 aromatic rings. The lowest BCUT2D eigenvalue weighted by Gasteiger charge is -2.07. The topological polar surface area (TPSA) is 94.5 Å². The average molecular weight is 399 g/mol. The van der Waals surface area contributed by atoms with E-state index in [-0.39, 0.29) is 11.7 Å². The van der Waals surface area contributed by atoms with Gasteiger partial charge in [0, 0.05) is 12.1 Å². The number of thioether (sulfide) groups is 1. The van der Waals surface area contributed by atoms with Crippen LogP contribution in [0.3, 0.4) is 0 Å². The van der Waals surface area contributed by atoms with Crippen LogP contribution in [0.15, 0.2) is 51.1 Å². The van der Waals surface area contributed by atoms with Crippen LogP contribution in [0.5, 0.6) is 5.75 Å². The Labute approximate surface area is 167 Å². The summed E-state index contributed by atoms with van der Waals surface area (Å²) < 4.78 is 12.5. The van der Waals surface area contributed by atoms with Crippen LogP contribution in [0, 0.1) is 6.92 Å². The first-order chi connectivity index (χ1) is 13.6. The van der Waals surface area contributed by atoms with Crippen molar-refractivity contribution in [3.63, 3.8) is 0 Å². The Kier molecular flexibility index (Phi) is 6.49. The number of carbonyl (C=O) groups excluding carboxylic acids is 1. The van der Waals surface area contributed by atoms with Gasteiger partial charge >= 0.3 is 0 Å². The molecule has 1 N–H and O–H groups in total. The Hall–Kier alpha value is -3.07. The van der Waals surface area contributed by atoms with Crippen molar-refractivity contribution in [3.05, 3.63) is 47.9 Å². The van der Waals surface area contributed by atoms with Crippen LogP contribution in [0.4, 0.5) is 0 Å². The van der Waals surface area contributed by atoms with Crippen LogP contribution in [0.2, 0.25) is 0 Å². The third-order valence-corrected chi connectivity index (χ3v) is 4.82. The van der Waals surface area contributed by atoms with E-state index < -0.39 is 0 Å². The molecule has 28 heavy (non-hydrogen) atoms. The van der Waals surface area contributed by atoms with Gasteiger partial charge in [-0.15, -0.1) is 10.2 Å². The number of aryl methyl sites for hydroxylation is 1. The number of hydrogen-bond donors (Lipinski definition) is 1. The van der Waals surface area contributed by atoms with Crippen molar-refractivity contribution in [3.8, 4) is 17.1 Å². The maximum absolute atomic E-state index is 12.0. The molecule has 2 heterocycles. The monoisotopic (exact) mass is 399 g/mol. The Bertz CT molecular complexity index is 962. The molecule has 8 nitrogen and oxygen atoms in total. The molecule has 3 rings (SSSR count). The molecule has 0 spiro atoms. The fourth-order valence-corrected chi connectivity index (χ4v) is 3.28. The number of carbonyl (C=O) groups is 1. The summed E-state index contributed by atoms with van der Waals surface area (Å²) in [6.07, 6.45) is 1.46. The minimum atomic E-state index is -0.235. The molecule has 0 unspecified atom stereocenters. The standard InChI is InChI=1S/C19H21N5O3S/c1-4-24-18(14-6-9-15(26-3)10-7-14)22-23-19(24)28-12-17(25)21-20-11-16-8-5-13(2)27-16/h5-11H,4,12H2,1-3H3,(H,21,25). The number of ether oxygens (including phenoxy) is 1. The second-order valence-corrected chi connectivity index (χ2v) is 6.75. The van der Waals surface area contributed by atoms with E-state index in [2.05, 4.69) is 20.7 Å². The van der Waals surface area contributed by atoms with Crippen molar-refractivity contribution in [1.82, 2.24) is 20.2 Å². The van der Waals surface area contributed by atoms with E-state index in [0.29, 0.717) is 17.5 Å². The molecule has 9 heteroatoms. The second kappa shape index (κ2) is 9.23. The predicted octanol–water partition coefficient (Wildman–Crippen LogP) is 3.12. The number of nitrogens with one attached hydrogen (secondary N) is 1. The first kappa shape index (κ1) is 19.7. The lowest BCUT2D eigenvalue weighted by molar-refractivity contribution is -0.118. The molecule has 146 valence electrons. The molecular weight excluding hydrogens is 378 g/mol. The Morgan fingerprint density at radius 2 is 2.07 bits per heavy atom. The van der Waals surface area contributed by atoms with Gasteiger partial charge in [-0.3, -0.25) is 4.79 Å². The van der Waals surface area contributed by atoms with Gasteiger partial charge in [-0.05, 0) is 50.2 Å². The van der Waals surface area contributed by atoms with Gasteiger partial charge in [0.05, 0.1) is 19.1 Å². The van der Waals surface area contributed by atoms with E-state index in [1.54, 1.807) is 13.2 Å². The number of hydrogen-bond acceptors (Lipinski definition) is 7. The quantitative estimate of drug-likeness (QED) is 0.355. The van der Waals surface area contributed by atoms with Gasteiger partial charge in [0.25, 0.3) is 5.91 Å². The first-order valence-corrected chi connectivity index (χ1v) is 9.68. The van der Waals surface area contributed by atoms with Gasteiger partial charge in [-0.2, -0.15) is 5.10 Å². The Balaban J connectivity index is 1.60. The summed E-state index contributed by atoms with van der Waals surface area (Å²) in [5, 5.41) is 13.1. The molecule has 0 atom stereocenters. The van der Waals surface area contributed by atoms with E-state index in [4.69, 9.17) is 9.15 Å². The number of amides is 1. The van der Waals surface area contributed by atoms with E-state index >= 15 is 0 Å². The van der Waals surface area contributed by atoms with E-state index in [9.17, 15) is 4.79 Å². The number of furan rings is 1. The summed E-state index contributed by atoms with van der Waals surface area (Å²) in [5.41, 5.74) is 3.41. The highest BCUT2D eigenvalue weighted by Gasteiger charge is 2.14. The summed E-state index contributed by atoms with van der Waals surface area (Å²) in [6.45, 7) is 4.54. The fourth-order valence-electron chi connectivity index (χ4n) is 2.49. The Morgan fingerprint density at radius 1 is 1.29 bits per heavy atom. The zero-order valence-corrected chi connectivity index (χ0v) is 16.7. The van der Waals surface area contributed by atoms with Gasteiger partial charge in [-0.1, -0.05) is 11.8 Å². The molecule has 0 bridgehead atoms. The van der Waals surface area contributed by atoms with Gasteiger partial charge in [-0.25, -0.2) is 5.43 Å². The fraction of sp³-hybridized carbons (Fsp3) is 0.263. The number of aromatic nitrogens is 3. The molecule has 0 aliphatic carbocycles. The molecule has 1 aromatic carbocycles. The van der Waals surface area contributed by atoms with Gasteiger partial charge in [0.2, 0.25) is 0 Å². The largest absolute Gasteiger partial charge is 0.497 e. The first-order valence-electron chi connectivity index (χ1n) is 8.69. The molecular formula is C19H21N5O3S. The van der Waals surface area contributed by atoms with Gasteiger partial charge in [0.15, 0.2) is 11.0 Å². The van der Waals surface area contributed by atoms with Crippen LogP contribution in [-0.2, 0) is 11.3 Å². The lowest BCUT2D eigenvalue weighted by atomic mass is 10.2. The summed E-state index contributed by atoms with van der Waals surface area (Å²) >= 11 is 1.31. The van der Waals surface area contributed by atoms with Crippen molar-refractivity contribution in [2.24, 2.45) is 5.10 Å². The maximum Gasteiger partial charge on any atom is 0.250 e. The highest BCUT2D eigenvalue weighted by Crippen LogP contribution is 2.25. The molecule has 0 saturated heterocycles. The van der Waals surface area contributed by atoms with Crippen molar-refractivity contribution in [2.75, 3.05) is 12.9 Å². The number of benzene rings is 1. The minimum Gasteiger partial charge on any atom is -0.497 e. The van der Waals surface area contributed by atoms with Crippen molar-refractivity contribution in [1.29, 1.82) is 0 Å². The average Bonchev–Trinajstić information content (AvgIpc) is 3.32. The summed E-state index contributed by atoms with van der Waals surface area (Å²) in [4.78, 5) is 12.0. The third kappa shape index (κ3) is 4.80. The smallest absolute Gasteiger partial charge is 0.250 e. The maximum atomic E-state index is 12.0. The molecule has 0 radical (unpaired) electrons. The molecule has 1 amide bonds. The van der Waals surface area contributed by atoms with Gasteiger partial charge in [0.1, 0.15) is 17.3 Å². The van der Waals surface area contributed by atoms with Crippen molar-refractivity contribution in [2.45, 2.75) is 25.5 Å². The number of rotatable bonds is 8. The van der Waals surface area contributed by atoms with Crippen molar-refractivity contribution < 1.29 is 13.9 Å². The van der Waals surface area contributed by atoms with E-state index in [1.165, 1.54) is 18.0 Å². The molecule has 0 aliphatic rings. The van der Waals surface area contributed by atoms with Crippen LogP contribution >= 0.6 is 11.8 Å². The molecule has 0 saturated carbocycles. The highest BCUT2D eigenvalue weighted by molar-refractivity contribution is 7.99. The van der Waals surface area contributed by atoms with E-state index in [1.807, 2.05) is 48.7 Å². The summed E-state index contributed by atoms with van der Waals surface area (Å²) in [5.74, 6) is 2.84. The number of methoxy groups -OCH3 is 1. The summed E-state index contributed by atoms with van der Waals surface area (Å²) in [7, 11) is 1.63. The van der Waals surface area contributed by atoms with Gasteiger partial charge < -0.3 is 13.7 Å². The highest BCUT2D eigenvalue weighted by atomic mass is 32.2. The van der Waals surface area contributed by atoms with Crippen molar-refractivity contribution >= 4 is 23.9 Å². The molecule has 0 fully saturated rings. The zero-order chi connectivity index (χ0) is 19.9. The van der Waals surface area contributed by atoms with Crippen LogP contribution in [0.1, 0.15) is 18.4 Å². The predicted molar refractivity (Wildman–Crippen MR) is 108 cm³/mol. The minimum absolute atomic E-state index is 0.176. The zero-order valence-electron chi connectivity index (χ0n) is 15.9. The Morgan fingerprint density at radius 3 is 2.71 bits per heavy atom. The third-order valence-electron chi connectivity index (χ3n) is 3.86. The normalized spacial score (nSPS) is 11.1.